The number of carbonyl (C=O) groups excluding carboxylic acids is 3. The highest BCUT2D eigenvalue weighted by atomic mass is 16.2. The second kappa shape index (κ2) is 9.27. The van der Waals surface area contributed by atoms with Gasteiger partial charge in [-0.1, -0.05) is 19.1 Å². The highest BCUT2D eigenvalue weighted by Crippen LogP contribution is 2.30. The first-order chi connectivity index (χ1) is 14.6. The predicted molar refractivity (Wildman–Crippen MR) is 114 cm³/mol. The number of amides is 3. The monoisotopic (exact) mass is 412 g/mol. The largest absolute Gasteiger partial charge is 0.322 e. The van der Waals surface area contributed by atoms with Crippen LogP contribution in [0.4, 0.5) is 0 Å². The van der Waals surface area contributed by atoms with Crippen LogP contribution in [0.5, 0.6) is 0 Å². The number of aryl methyl sites for hydroxylation is 1. The lowest BCUT2D eigenvalue weighted by Crippen LogP contribution is -2.52. The Labute approximate surface area is 178 Å². The Balaban J connectivity index is 1.34. The van der Waals surface area contributed by atoms with E-state index < -0.39 is 6.04 Å². The third-order valence-corrected chi connectivity index (χ3v) is 6.60. The van der Waals surface area contributed by atoms with E-state index >= 15 is 0 Å². The minimum absolute atomic E-state index is 0.0894. The van der Waals surface area contributed by atoms with E-state index in [1.54, 1.807) is 4.90 Å². The van der Waals surface area contributed by atoms with E-state index in [-0.39, 0.29) is 24.1 Å². The molecule has 1 unspecified atom stereocenters. The maximum absolute atomic E-state index is 12.9. The quantitative estimate of drug-likeness (QED) is 0.686. The summed E-state index contributed by atoms with van der Waals surface area (Å²) in [5.74, 6) is -0.693. The van der Waals surface area contributed by atoms with Crippen molar-refractivity contribution in [1.82, 2.24) is 20.0 Å². The first-order valence-corrected chi connectivity index (χ1v) is 11.3. The number of benzene rings is 1. The molecule has 0 radical (unpaired) electrons. The summed E-state index contributed by atoms with van der Waals surface area (Å²) in [6.45, 7) is 9.55. The van der Waals surface area contributed by atoms with Gasteiger partial charge in [-0.2, -0.15) is 0 Å². The molecule has 0 bridgehead atoms. The van der Waals surface area contributed by atoms with E-state index in [0.717, 1.165) is 51.1 Å². The van der Waals surface area contributed by atoms with Crippen molar-refractivity contribution in [1.29, 1.82) is 0 Å². The Morgan fingerprint density at radius 3 is 2.47 bits per heavy atom. The van der Waals surface area contributed by atoms with Gasteiger partial charge < -0.3 is 14.7 Å². The molecule has 0 spiro atoms. The van der Waals surface area contributed by atoms with Gasteiger partial charge in [-0.05, 0) is 56.0 Å². The second-order valence-electron chi connectivity index (χ2n) is 8.63. The number of hydrogen-bond acceptors (Lipinski definition) is 5. The predicted octanol–water partition coefficient (Wildman–Crippen LogP) is 1.41. The molecule has 7 nitrogen and oxygen atoms in total. The lowest BCUT2D eigenvalue weighted by Gasteiger charge is -2.34. The fourth-order valence-corrected chi connectivity index (χ4v) is 4.93. The van der Waals surface area contributed by atoms with E-state index in [4.69, 9.17) is 0 Å². The SMILES string of the molecule is CCCN1CCN(CCCc2cccc3c2CN(C2CCC(=O)NC2=O)C3=O)CC1. The normalized spacial score (nSPS) is 23.0. The number of piperazine rings is 1. The van der Waals surface area contributed by atoms with Crippen molar-refractivity contribution in [2.45, 2.75) is 51.6 Å². The second-order valence-corrected chi connectivity index (χ2v) is 8.63. The molecule has 30 heavy (non-hydrogen) atoms. The van der Waals surface area contributed by atoms with Crippen LogP contribution in [0, 0.1) is 0 Å². The molecule has 0 saturated carbocycles. The van der Waals surface area contributed by atoms with Gasteiger partial charge in [0, 0.05) is 44.7 Å². The smallest absolute Gasteiger partial charge is 0.255 e. The molecule has 2 fully saturated rings. The van der Waals surface area contributed by atoms with Crippen molar-refractivity contribution in [3.05, 3.63) is 34.9 Å². The molecule has 7 heteroatoms. The summed E-state index contributed by atoms with van der Waals surface area (Å²) in [5.41, 5.74) is 2.98. The van der Waals surface area contributed by atoms with Crippen molar-refractivity contribution < 1.29 is 14.4 Å². The first kappa shape index (κ1) is 21.0. The van der Waals surface area contributed by atoms with Gasteiger partial charge in [-0.15, -0.1) is 0 Å². The van der Waals surface area contributed by atoms with Crippen LogP contribution in [0.1, 0.15) is 54.1 Å². The molecule has 0 aromatic heterocycles. The third-order valence-electron chi connectivity index (χ3n) is 6.60. The molecule has 162 valence electrons. The Kier molecular flexibility index (Phi) is 6.49. The molecule has 1 aromatic carbocycles. The number of hydrogen-bond donors (Lipinski definition) is 1. The summed E-state index contributed by atoms with van der Waals surface area (Å²) >= 11 is 0. The highest BCUT2D eigenvalue weighted by Gasteiger charge is 2.39. The standard InChI is InChI=1S/C23H32N4O3/c1-2-10-25-12-14-26(15-13-25)11-4-6-17-5-3-7-18-19(17)16-27(23(18)30)20-8-9-21(28)24-22(20)29/h3,5,7,20H,2,4,6,8-16H2,1H3,(H,24,28,29). The zero-order valence-corrected chi connectivity index (χ0v) is 17.9. The summed E-state index contributed by atoms with van der Waals surface area (Å²) in [5, 5.41) is 2.37. The van der Waals surface area contributed by atoms with E-state index in [2.05, 4.69) is 28.1 Å². The van der Waals surface area contributed by atoms with Crippen LogP contribution >= 0.6 is 0 Å². The summed E-state index contributed by atoms with van der Waals surface area (Å²) < 4.78 is 0. The number of carbonyl (C=O) groups is 3. The van der Waals surface area contributed by atoms with Crippen molar-refractivity contribution in [2.24, 2.45) is 0 Å². The Morgan fingerprint density at radius 1 is 1.03 bits per heavy atom. The van der Waals surface area contributed by atoms with Crippen molar-refractivity contribution in [3.8, 4) is 0 Å². The van der Waals surface area contributed by atoms with Crippen molar-refractivity contribution >= 4 is 17.7 Å². The zero-order chi connectivity index (χ0) is 21.1. The summed E-state index contributed by atoms with van der Waals surface area (Å²) in [6.07, 6.45) is 3.91. The number of piperidine rings is 1. The molecule has 4 rings (SSSR count). The average Bonchev–Trinajstić information content (AvgIpc) is 3.07. The average molecular weight is 413 g/mol. The highest BCUT2D eigenvalue weighted by molar-refractivity contribution is 6.05. The molecule has 3 heterocycles. The maximum atomic E-state index is 12.9. The van der Waals surface area contributed by atoms with Gasteiger partial charge in [-0.25, -0.2) is 0 Å². The van der Waals surface area contributed by atoms with Crippen molar-refractivity contribution in [2.75, 3.05) is 39.3 Å². The number of imide groups is 1. The van der Waals surface area contributed by atoms with Gasteiger partial charge >= 0.3 is 0 Å². The molecule has 1 atom stereocenters. The zero-order valence-electron chi connectivity index (χ0n) is 17.9. The van der Waals surface area contributed by atoms with Gasteiger partial charge in [-0.3, -0.25) is 19.7 Å². The van der Waals surface area contributed by atoms with Crippen LogP contribution in [0.2, 0.25) is 0 Å². The Morgan fingerprint density at radius 2 is 1.77 bits per heavy atom. The molecule has 3 amide bonds. The maximum Gasteiger partial charge on any atom is 0.255 e. The van der Waals surface area contributed by atoms with Crippen LogP contribution in [-0.4, -0.2) is 77.7 Å². The van der Waals surface area contributed by atoms with E-state index in [1.807, 2.05) is 12.1 Å². The van der Waals surface area contributed by atoms with Crippen LogP contribution in [0.3, 0.4) is 0 Å². The lowest BCUT2D eigenvalue weighted by atomic mass is 9.99. The van der Waals surface area contributed by atoms with Crippen LogP contribution in [0.15, 0.2) is 18.2 Å². The van der Waals surface area contributed by atoms with Gasteiger partial charge in [0.05, 0.1) is 0 Å². The number of nitrogens with zero attached hydrogens (tertiary/aromatic N) is 3. The van der Waals surface area contributed by atoms with E-state index in [0.29, 0.717) is 18.5 Å². The molecular weight excluding hydrogens is 380 g/mol. The molecule has 1 N–H and O–H groups in total. The van der Waals surface area contributed by atoms with Crippen LogP contribution in [0.25, 0.3) is 0 Å². The van der Waals surface area contributed by atoms with E-state index in [9.17, 15) is 14.4 Å². The van der Waals surface area contributed by atoms with Gasteiger partial charge in [0.2, 0.25) is 11.8 Å². The minimum Gasteiger partial charge on any atom is -0.322 e. The minimum atomic E-state index is -0.546. The topological polar surface area (TPSA) is 73.0 Å². The van der Waals surface area contributed by atoms with Crippen molar-refractivity contribution in [3.63, 3.8) is 0 Å². The fraction of sp³-hybridized carbons (Fsp3) is 0.609. The third kappa shape index (κ3) is 4.42. The van der Waals surface area contributed by atoms with Gasteiger partial charge in [0.1, 0.15) is 6.04 Å². The van der Waals surface area contributed by atoms with Crippen LogP contribution < -0.4 is 5.32 Å². The Hall–Kier alpha value is -2.25. The Bertz CT molecular complexity index is 817. The molecule has 1 aromatic rings. The molecule has 2 saturated heterocycles. The first-order valence-electron chi connectivity index (χ1n) is 11.3. The summed E-state index contributed by atoms with van der Waals surface area (Å²) in [4.78, 5) is 43.3. The summed E-state index contributed by atoms with van der Waals surface area (Å²) in [6, 6.07) is 5.37. The van der Waals surface area contributed by atoms with Crippen LogP contribution in [-0.2, 0) is 22.6 Å². The number of nitrogens with one attached hydrogen (secondary N) is 1. The number of rotatable bonds is 7. The lowest BCUT2D eigenvalue weighted by molar-refractivity contribution is -0.136. The molecular formula is C23H32N4O3. The molecule has 3 aliphatic heterocycles. The fourth-order valence-electron chi connectivity index (χ4n) is 4.93. The molecule has 3 aliphatic rings. The van der Waals surface area contributed by atoms with Gasteiger partial charge in [0.15, 0.2) is 0 Å². The van der Waals surface area contributed by atoms with E-state index in [1.165, 1.54) is 18.5 Å². The summed E-state index contributed by atoms with van der Waals surface area (Å²) in [7, 11) is 0. The van der Waals surface area contributed by atoms with Gasteiger partial charge in [0.25, 0.3) is 5.91 Å². The number of fused-ring (bicyclic) bond motifs is 1. The molecule has 0 aliphatic carbocycles.